The van der Waals surface area contributed by atoms with Crippen LogP contribution in [-0.4, -0.2) is 15.7 Å². The SMILES string of the molecule is CCC(NC(=O)C(C)n1nc(C)c(Br)c1C)c1ccc(C)cc1. The molecule has 1 heterocycles. The number of hydrogen-bond acceptors (Lipinski definition) is 2. The normalized spacial score (nSPS) is 13.7. The second-order valence-corrected chi connectivity index (χ2v) is 6.78. The second-order valence-electron chi connectivity index (χ2n) is 5.99. The monoisotopic (exact) mass is 377 g/mol. The average molecular weight is 378 g/mol. The van der Waals surface area contributed by atoms with E-state index in [1.165, 1.54) is 5.56 Å². The first-order valence-electron chi connectivity index (χ1n) is 7.93. The van der Waals surface area contributed by atoms with Crippen LogP contribution in [0.2, 0.25) is 0 Å². The highest BCUT2D eigenvalue weighted by atomic mass is 79.9. The summed E-state index contributed by atoms with van der Waals surface area (Å²) < 4.78 is 2.74. The lowest BCUT2D eigenvalue weighted by atomic mass is 10.0. The van der Waals surface area contributed by atoms with Gasteiger partial charge in [0.15, 0.2) is 0 Å². The number of hydrogen-bond donors (Lipinski definition) is 1. The molecule has 0 saturated heterocycles. The van der Waals surface area contributed by atoms with E-state index in [4.69, 9.17) is 0 Å². The molecule has 1 N–H and O–H groups in total. The predicted molar refractivity (Wildman–Crippen MR) is 96.5 cm³/mol. The lowest BCUT2D eigenvalue weighted by Gasteiger charge is -2.21. The molecule has 0 fully saturated rings. The minimum absolute atomic E-state index is 0.0180. The van der Waals surface area contributed by atoms with Crippen LogP contribution in [0.5, 0.6) is 0 Å². The number of nitrogens with one attached hydrogen (secondary N) is 1. The van der Waals surface area contributed by atoms with Crippen LogP contribution in [0.3, 0.4) is 0 Å². The van der Waals surface area contributed by atoms with Gasteiger partial charge in [-0.15, -0.1) is 0 Å². The van der Waals surface area contributed by atoms with Crippen molar-refractivity contribution in [2.45, 2.75) is 53.1 Å². The number of amides is 1. The number of carbonyl (C=O) groups is 1. The Morgan fingerprint density at radius 2 is 1.87 bits per heavy atom. The summed E-state index contributed by atoms with van der Waals surface area (Å²) in [6.07, 6.45) is 0.850. The molecule has 2 aromatic rings. The minimum atomic E-state index is -0.348. The summed E-state index contributed by atoms with van der Waals surface area (Å²) in [6.45, 7) is 9.91. The van der Waals surface area contributed by atoms with Crippen LogP contribution in [0.25, 0.3) is 0 Å². The van der Waals surface area contributed by atoms with E-state index in [1.54, 1.807) is 4.68 Å². The molecule has 0 bridgehead atoms. The van der Waals surface area contributed by atoms with Crippen LogP contribution >= 0.6 is 15.9 Å². The number of aromatic nitrogens is 2. The molecule has 0 aliphatic heterocycles. The van der Waals surface area contributed by atoms with Crippen LogP contribution in [0.4, 0.5) is 0 Å². The Bertz CT molecular complexity index is 691. The van der Waals surface area contributed by atoms with Gasteiger partial charge >= 0.3 is 0 Å². The first-order valence-corrected chi connectivity index (χ1v) is 8.72. The maximum absolute atomic E-state index is 12.6. The van der Waals surface area contributed by atoms with Crippen molar-refractivity contribution in [3.8, 4) is 0 Å². The van der Waals surface area contributed by atoms with Gasteiger partial charge in [-0.1, -0.05) is 36.8 Å². The highest BCUT2D eigenvalue weighted by Gasteiger charge is 2.22. The molecule has 124 valence electrons. The van der Waals surface area contributed by atoms with Gasteiger partial charge in [-0.2, -0.15) is 5.10 Å². The van der Waals surface area contributed by atoms with Crippen molar-refractivity contribution in [3.05, 3.63) is 51.3 Å². The van der Waals surface area contributed by atoms with E-state index in [0.29, 0.717) is 0 Å². The Kier molecular flexibility index (Phi) is 5.63. The molecule has 1 aromatic carbocycles. The van der Waals surface area contributed by atoms with Crippen LogP contribution in [0.15, 0.2) is 28.7 Å². The van der Waals surface area contributed by atoms with E-state index in [0.717, 1.165) is 27.8 Å². The number of nitrogens with zero attached hydrogens (tertiary/aromatic N) is 2. The van der Waals surface area contributed by atoms with Gasteiger partial charge in [-0.25, -0.2) is 0 Å². The largest absolute Gasteiger partial charge is 0.347 e. The van der Waals surface area contributed by atoms with Crippen molar-refractivity contribution in [1.29, 1.82) is 0 Å². The maximum atomic E-state index is 12.6. The molecule has 1 amide bonds. The smallest absolute Gasteiger partial charge is 0.245 e. The molecule has 5 heteroatoms. The Morgan fingerprint density at radius 1 is 1.26 bits per heavy atom. The summed E-state index contributed by atoms with van der Waals surface area (Å²) in [5.41, 5.74) is 4.21. The molecule has 2 unspecified atom stereocenters. The van der Waals surface area contributed by atoms with Crippen molar-refractivity contribution in [2.24, 2.45) is 0 Å². The fraction of sp³-hybridized carbons (Fsp3) is 0.444. The molecule has 0 saturated carbocycles. The molecule has 2 rings (SSSR count). The number of carbonyl (C=O) groups excluding carboxylic acids is 1. The molecule has 0 radical (unpaired) electrons. The van der Waals surface area contributed by atoms with E-state index >= 15 is 0 Å². The lowest BCUT2D eigenvalue weighted by Crippen LogP contribution is -2.34. The minimum Gasteiger partial charge on any atom is -0.347 e. The zero-order chi connectivity index (χ0) is 17.1. The van der Waals surface area contributed by atoms with E-state index in [9.17, 15) is 4.79 Å². The predicted octanol–water partition coefficient (Wildman–Crippen LogP) is 4.40. The fourth-order valence-electron chi connectivity index (χ4n) is 2.64. The first kappa shape index (κ1) is 17.7. The maximum Gasteiger partial charge on any atom is 0.245 e. The van der Waals surface area contributed by atoms with E-state index in [-0.39, 0.29) is 18.0 Å². The Balaban J connectivity index is 2.15. The average Bonchev–Trinajstić information content (AvgIpc) is 2.80. The van der Waals surface area contributed by atoms with Gasteiger partial charge in [0.1, 0.15) is 6.04 Å². The molecule has 2 atom stereocenters. The summed E-state index contributed by atoms with van der Waals surface area (Å²) in [5.74, 6) is -0.0180. The lowest BCUT2D eigenvalue weighted by molar-refractivity contribution is -0.125. The third-order valence-electron chi connectivity index (χ3n) is 4.19. The molecule has 0 aliphatic carbocycles. The number of rotatable bonds is 5. The zero-order valence-electron chi connectivity index (χ0n) is 14.4. The molecular formula is C18H24BrN3O. The highest BCUT2D eigenvalue weighted by Crippen LogP contribution is 2.24. The van der Waals surface area contributed by atoms with Gasteiger partial charge in [-0.05, 0) is 55.6 Å². The zero-order valence-corrected chi connectivity index (χ0v) is 15.9. The topological polar surface area (TPSA) is 46.9 Å². The molecule has 0 aliphatic rings. The van der Waals surface area contributed by atoms with Gasteiger partial charge < -0.3 is 5.32 Å². The van der Waals surface area contributed by atoms with Gasteiger partial charge in [0.05, 0.1) is 21.9 Å². The summed E-state index contributed by atoms with van der Waals surface area (Å²) in [7, 11) is 0. The first-order chi connectivity index (χ1) is 10.8. The quantitative estimate of drug-likeness (QED) is 0.838. The molecule has 4 nitrogen and oxygen atoms in total. The van der Waals surface area contributed by atoms with E-state index < -0.39 is 0 Å². The van der Waals surface area contributed by atoms with Crippen molar-refractivity contribution in [2.75, 3.05) is 0 Å². The Hall–Kier alpha value is -1.62. The summed E-state index contributed by atoms with van der Waals surface area (Å²) in [6, 6.07) is 7.98. The van der Waals surface area contributed by atoms with Gasteiger partial charge in [0.25, 0.3) is 0 Å². The van der Waals surface area contributed by atoms with Crippen LogP contribution in [-0.2, 0) is 4.79 Å². The molecular weight excluding hydrogens is 354 g/mol. The van der Waals surface area contributed by atoms with Gasteiger partial charge in [0, 0.05) is 0 Å². The second kappa shape index (κ2) is 7.30. The fourth-order valence-corrected chi connectivity index (χ4v) is 2.90. The van der Waals surface area contributed by atoms with Crippen molar-refractivity contribution in [1.82, 2.24) is 15.1 Å². The third kappa shape index (κ3) is 3.83. The van der Waals surface area contributed by atoms with Crippen LogP contribution < -0.4 is 5.32 Å². The number of aryl methyl sites for hydroxylation is 2. The summed E-state index contributed by atoms with van der Waals surface area (Å²) >= 11 is 3.51. The van der Waals surface area contributed by atoms with Crippen LogP contribution in [0, 0.1) is 20.8 Å². The molecule has 23 heavy (non-hydrogen) atoms. The van der Waals surface area contributed by atoms with Gasteiger partial charge in [0.2, 0.25) is 5.91 Å². The van der Waals surface area contributed by atoms with Gasteiger partial charge in [-0.3, -0.25) is 9.48 Å². The molecule has 1 aromatic heterocycles. The van der Waals surface area contributed by atoms with Crippen molar-refractivity contribution < 1.29 is 4.79 Å². The van der Waals surface area contributed by atoms with Crippen molar-refractivity contribution >= 4 is 21.8 Å². The van der Waals surface area contributed by atoms with E-state index in [2.05, 4.69) is 64.5 Å². The molecule has 0 spiro atoms. The Labute approximate surface area is 146 Å². The Morgan fingerprint density at radius 3 is 2.35 bits per heavy atom. The number of halogens is 1. The van der Waals surface area contributed by atoms with Crippen molar-refractivity contribution in [3.63, 3.8) is 0 Å². The summed E-state index contributed by atoms with van der Waals surface area (Å²) in [5, 5.41) is 7.60. The van der Waals surface area contributed by atoms with Crippen LogP contribution in [0.1, 0.15) is 54.9 Å². The van der Waals surface area contributed by atoms with E-state index in [1.807, 2.05) is 20.8 Å². The number of benzene rings is 1. The summed E-state index contributed by atoms with van der Waals surface area (Å²) in [4.78, 5) is 12.6. The standard InChI is InChI=1S/C18H24BrN3O/c1-6-16(15-9-7-11(2)8-10-15)20-18(23)14(5)22-13(4)17(19)12(3)21-22/h7-10,14,16H,6H2,1-5H3,(H,20,23). The highest BCUT2D eigenvalue weighted by molar-refractivity contribution is 9.10. The third-order valence-corrected chi connectivity index (χ3v) is 5.34.